The lowest BCUT2D eigenvalue weighted by atomic mass is 10.1. The fraction of sp³-hybridized carbons (Fsp3) is 0.278. The Labute approximate surface area is 153 Å². The largest absolute Gasteiger partial charge is 0.493 e. The van der Waals surface area contributed by atoms with Crippen LogP contribution in [0.15, 0.2) is 40.6 Å². The number of ether oxygens (including phenoxy) is 3. The number of carbonyl (C=O) groups excluding carboxylic acids is 1. The molecule has 3 rings (SSSR count). The van der Waals surface area contributed by atoms with Crippen LogP contribution in [-0.4, -0.2) is 29.6 Å². The zero-order valence-corrected chi connectivity index (χ0v) is 15.2. The van der Waals surface area contributed by atoms with E-state index in [0.717, 1.165) is 5.56 Å². The highest BCUT2D eigenvalue weighted by Crippen LogP contribution is 2.28. The summed E-state index contributed by atoms with van der Waals surface area (Å²) >= 11 is 1.35. The minimum Gasteiger partial charge on any atom is -0.493 e. The van der Waals surface area contributed by atoms with Gasteiger partial charge >= 0.3 is 5.97 Å². The molecule has 0 spiro atoms. The fourth-order valence-electron chi connectivity index (χ4n) is 2.47. The lowest BCUT2D eigenvalue weighted by Crippen LogP contribution is -2.14. The summed E-state index contributed by atoms with van der Waals surface area (Å²) in [5.41, 5.74) is 1.19. The van der Waals surface area contributed by atoms with Crippen LogP contribution in [0.1, 0.15) is 17.7 Å². The third-order valence-electron chi connectivity index (χ3n) is 3.80. The van der Waals surface area contributed by atoms with Gasteiger partial charge in [-0.3, -0.25) is 14.0 Å². The average Bonchev–Trinajstić information content (AvgIpc) is 3.13. The van der Waals surface area contributed by atoms with Crippen LogP contribution in [-0.2, 0) is 22.6 Å². The van der Waals surface area contributed by atoms with Gasteiger partial charge in [0.15, 0.2) is 16.5 Å². The summed E-state index contributed by atoms with van der Waals surface area (Å²) in [5.74, 6) is 0.903. The van der Waals surface area contributed by atoms with Gasteiger partial charge in [-0.25, -0.2) is 4.98 Å². The molecule has 7 nitrogen and oxygen atoms in total. The smallest absolute Gasteiger partial charge is 0.306 e. The predicted octanol–water partition coefficient (Wildman–Crippen LogP) is 2.45. The molecule has 0 radical (unpaired) electrons. The van der Waals surface area contributed by atoms with Crippen molar-refractivity contribution in [2.24, 2.45) is 0 Å². The van der Waals surface area contributed by atoms with Crippen molar-refractivity contribution in [2.75, 3.05) is 14.2 Å². The second-order valence-corrected chi connectivity index (χ2v) is 6.36. The summed E-state index contributed by atoms with van der Waals surface area (Å²) in [5, 5.41) is 1.78. The second-order valence-electron chi connectivity index (χ2n) is 5.49. The quantitative estimate of drug-likeness (QED) is 0.591. The van der Waals surface area contributed by atoms with Gasteiger partial charge in [-0.05, 0) is 24.1 Å². The van der Waals surface area contributed by atoms with Crippen LogP contribution in [0, 0.1) is 0 Å². The van der Waals surface area contributed by atoms with Gasteiger partial charge in [0, 0.05) is 24.1 Å². The lowest BCUT2D eigenvalue weighted by Gasteiger charge is -2.09. The molecule has 0 saturated carbocycles. The molecule has 1 aromatic carbocycles. The second kappa shape index (κ2) is 8.01. The highest BCUT2D eigenvalue weighted by Gasteiger charge is 2.09. The maximum absolute atomic E-state index is 12.0. The minimum absolute atomic E-state index is 0.0194. The molecule has 0 fully saturated rings. The van der Waals surface area contributed by atoms with Gasteiger partial charge in [-0.15, -0.1) is 11.3 Å². The minimum atomic E-state index is -0.354. The number of hydrogen-bond acceptors (Lipinski definition) is 7. The maximum Gasteiger partial charge on any atom is 0.306 e. The first-order chi connectivity index (χ1) is 12.6. The van der Waals surface area contributed by atoms with Crippen LogP contribution in [0.2, 0.25) is 0 Å². The van der Waals surface area contributed by atoms with Gasteiger partial charge in [0.05, 0.1) is 19.9 Å². The van der Waals surface area contributed by atoms with Crippen molar-refractivity contribution in [3.63, 3.8) is 0 Å². The molecule has 0 N–H and O–H groups in total. The van der Waals surface area contributed by atoms with Gasteiger partial charge in [0.1, 0.15) is 6.61 Å². The first-order valence-electron chi connectivity index (χ1n) is 7.93. The third-order valence-corrected chi connectivity index (χ3v) is 4.56. The van der Waals surface area contributed by atoms with Crippen molar-refractivity contribution < 1.29 is 19.0 Å². The van der Waals surface area contributed by atoms with Crippen molar-refractivity contribution in [1.82, 2.24) is 9.38 Å². The van der Waals surface area contributed by atoms with Crippen LogP contribution in [0.4, 0.5) is 0 Å². The summed E-state index contributed by atoms with van der Waals surface area (Å²) in [4.78, 5) is 28.8. The number of hydrogen-bond donors (Lipinski definition) is 0. The first kappa shape index (κ1) is 17.9. The SMILES string of the molecule is COc1ccc(CCC(=O)OCc2cc(=O)n3ccsc3n2)cc1OC. The number of benzene rings is 1. The normalized spacial score (nSPS) is 10.7. The Morgan fingerprint density at radius 2 is 2.00 bits per heavy atom. The Morgan fingerprint density at radius 3 is 2.77 bits per heavy atom. The maximum atomic E-state index is 12.0. The van der Waals surface area contributed by atoms with Crippen molar-refractivity contribution >= 4 is 22.3 Å². The summed E-state index contributed by atoms with van der Waals surface area (Å²) in [6.45, 7) is -0.0194. The number of thiazole rings is 1. The van der Waals surface area contributed by atoms with Crippen LogP contribution in [0.3, 0.4) is 0 Å². The molecule has 2 aromatic heterocycles. The molecular weight excluding hydrogens is 356 g/mol. The molecule has 0 unspecified atom stereocenters. The van der Waals surface area contributed by atoms with E-state index in [2.05, 4.69) is 4.98 Å². The molecule has 8 heteroatoms. The van der Waals surface area contributed by atoms with Crippen LogP contribution >= 0.6 is 11.3 Å². The van der Waals surface area contributed by atoms with E-state index >= 15 is 0 Å². The number of esters is 1. The molecule has 0 amide bonds. The molecule has 3 aromatic rings. The Bertz CT molecular complexity index is 979. The van der Waals surface area contributed by atoms with Gasteiger partial charge in [0.2, 0.25) is 0 Å². The molecule has 26 heavy (non-hydrogen) atoms. The lowest BCUT2D eigenvalue weighted by molar-refractivity contribution is -0.145. The summed E-state index contributed by atoms with van der Waals surface area (Å²) < 4.78 is 17.1. The van der Waals surface area contributed by atoms with Crippen molar-refractivity contribution in [3.8, 4) is 11.5 Å². The molecule has 0 bridgehead atoms. The Hall–Kier alpha value is -2.87. The Balaban J connectivity index is 1.56. The van der Waals surface area contributed by atoms with Gasteiger partial charge in [0.25, 0.3) is 5.56 Å². The zero-order valence-electron chi connectivity index (χ0n) is 14.4. The van der Waals surface area contributed by atoms with Crippen LogP contribution < -0.4 is 15.0 Å². The van der Waals surface area contributed by atoms with Crippen LogP contribution in [0.5, 0.6) is 11.5 Å². The zero-order chi connectivity index (χ0) is 18.5. The van der Waals surface area contributed by atoms with Crippen LogP contribution in [0.25, 0.3) is 4.96 Å². The molecule has 136 valence electrons. The topological polar surface area (TPSA) is 79.1 Å². The number of fused-ring (bicyclic) bond motifs is 1. The molecule has 0 saturated heterocycles. The number of methoxy groups -OCH3 is 2. The molecule has 2 heterocycles. The highest BCUT2D eigenvalue weighted by molar-refractivity contribution is 7.15. The highest BCUT2D eigenvalue weighted by atomic mass is 32.1. The van der Waals surface area contributed by atoms with E-state index in [4.69, 9.17) is 14.2 Å². The summed E-state index contributed by atoms with van der Waals surface area (Å²) in [6, 6.07) is 6.88. The first-order valence-corrected chi connectivity index (χ1v) is 8.81. The number of rotatable bonds is 7. The monoisotopic (exact) mass is 374 g/mol. The van der Waals surface area contributed by atoms with Crippen molar-refractivity contribution in [2.45, 2.75) is 19.4 Å². The fourth-order valence-corrected chi connectivity index (χ4v) is 3.21. The van der Waals surface area contributed by atoms with E-state index in [1.54, 1.807) is 31.9 Å². The number of aromatic nitrogens is 2. The molecule has 0 aliphatic rings. The van der Waals surface area contributed by atoms with Gasteiger partial charge < -0.3 is 14.2 Å². The Morgan fingerprint density at radius 1 is 1.19 bits per heavy atom. The average molecular weight is 374 g/mol. The molecule has 0 aliphatic carbocycles. The molecule has 0 atom stereocenters. The summed E-state index contributed by atoms with van der Waals surface area (Å²) in [7, 11) is 3.14. The van der Waals surface area contributed by atoms with E-state index in [-0.39, 0.29) is 24.6 Å². The third kappa shape index (κ3) is 4.02. The van der Waals surface area contributed by atoms with E-state index in [9.17, 15) is 9.59 Å². The van der Waals surface area contributed by atoms with E-state index in [1.165, 1.54) is 21.8 Å². The predicted molar refractivity (Wildman–Crippen MR) is 97.0 cm³/mol. The summed E-state index contributed by atoms with van der Waals surface area (Å²) in [6.07, 6.45) is 2.39. The number of nitrogens with zero attached hydrogens (tertiary/aromatic N) is 2. The number of carbonyl (C=O) groups is 1. The Kier molecular flexibility index (Phi) is 5.52. The standard InChI is InChI=1S/C18H18N2O5S/c1-23-14-5-3-12(9-15(14)24-2)4-6-17(22)25-11-13-10-16(21)20-7-8-26-18(20)19-13/h3,5,7-10H,4,6,11H2,1-2H3. The van der Waals surface area contributed by atoms with E-state index in [1.807, 2.05) is 12.1 Å². The number of aryl methyl sites for hydroxylation is 1. The van der Waals surface area contributed by atoms with Crippen molar-refractivity contribution in [3.05, 3.63) is 57.5 Å². The molecular formula is C18H18N2O5S. The van der Waals surface area contributed by atoms with E-state index < -0.39 is 0 Å². The molecule has 0 aliphatic heterocycles. The van der Waals surface area contributed by atoms with Crippen molar-refractivity contribution in [1.29, 1.82) is 0 Å². The van der Waals surface area contributed by atoms with E-state index in [0.29, 0.717) is 28.6 Å². The van der Waals surface area contributed by atoms with Gasteiger partial charge in [-0.1, -0.05) is 6.07 Å². The van der Waals surface area contributed by atoms with Gasteiger partial charge in [-0.2, -0.15) is 0 Å².